The second-order valence-electron chi connectivity index (χ2n) is 2.74. The lowest BCUT2D eigenvalue weighted by Crippen LogP contribution is -1.85. The first kappa shape index (κ1) is 7.67. The van der Waals surface area contributed by atoms with E-state index in [4.69, 9.17) is 10.8 Å². The maximum atomic E-state index is 9.03. The van der Waals surface area contributed by atoms with Gasteiger partial charge >= 0.3 is 0 Å². The fourth-order valence-electron chi connectivity index (χ4n) is 1.14. The Morgan fingerprint density at radius 2 is 2.23 bits per heavy atom. The van der Waals surface area contributed by atoms with Gasteiger partial charge in [0.15, 0.2) is 0 Å². The number of hydrogen-bond donors (Lipinski definition) is 3. The van der Waals surface area contributed by atoms with Crippen molar-refractivity contribution in [2.24, 2.45) is 0 Å². The van der Waals surface area contributed by atoms with Gasteiger partial charge in [-0.25, -0.2) is 4.98 Å². The first-order valence-electron chi connectivity index (χ1n) is 3.85. The van der Waals surface area contributed by atoms with Crippen molar-refractivity contribution < 1.29 is 5.11 Å². The SMILES string of the molecule is Nc1cccc(-c2ncc(O)[nH]2)c1. The molecule has 4 nitrogen and oxygen atoms in total. The molecule has 0 atom stereocenters. The van der Waals surface area contributed by atoms with Gasteiger partial charge in [0.05, 0.1) is 6.20 Å². The predicted molar refractivity (Wildman–Crippen MR) is 50.1 cm³/mol. The van der Waals surface area contributed by atoms with Crippen LogP contribution in [-0.2, 0) is 0 Å². The summed E-state index contributed by atoms with van der Waals surface area (Å²) in [6.45, 7) is 0. The predicted octanol–water partition coefficient (Wildman–Crippen LogP) is 1.36. The zero-order valence-electron chi connectivity index (χ0n) is 6.86. The molecule has 4 heteroatoms. The molecule has 4 N–H and O–H groups in total. The van der Waals surface area contributed by atoms with Gasteiger partial charge in [-0.3, -0.25) is 0 Å². The molecule has 0 amide bonds. The zero-order valence-corrected chi connectivity index (χ0v) is 6.86. The normalized spacial score (nSPS) is 10.2. The van der Waals surface area contributed by atoms with Gasteiger partial charge in [-0.2, -0.15) is 0 Å². The van der Waals surface area contributed by atoms with Crippen LogP contribution in [0.2, 0.25) is 0 Å². The second-order valence-corrected chi connectivity index (χ2v) is 2.74. The van der Waals surface area contributed by atoms with Crippen molar-refractivity contribution >= 4 is 5.69 Å². The molecule has 0 bridgehead atoms. The molecule has 1 heterocycles. The van der Waals surface area contributed by atoms with Crippen LogP contribution in [0.25, 0.3) is 11.4 Å². The van der Waals surface area contributed by atoms with E-state index >= 15 is 0 Å². The summed E-state index contributed by atoms with van der Waals surface area (Å²) < 4.78 is 0. The van der Waals surface area contributed by atoms with Crippen LogP contribution in [0.15, 0.2) is 30.5 Å². The highest BCUT2D eigenvalue weighted by Crippen LogP contribution is 2.19. The number of nitrogens with two attached hydrogens (primary N) is 1. The Morgan fingerprint density at radius 3 is 2.85 bits per heavy atom. The molecule has 0 aliphatic carbocycles. The van der Waals surface area contributed by atoms with Crippen molar-refractivity contribution in [2.75, 3.05) is 5.73 Å². The number of nitrogen functional groups attached to an aromatic ring is 1. The number of aromatic hydroxyl groups is 1. The number of nitrogens with zero attached hydrogens (tertiary/aromatic N) is 1. The van der Waals surface area contributed by atoms with E-state index < -0.39 is 0 Å². The smallest absolute Gasteiger partial charge is 0.208 e. The molecular weight excluding hydrogens is 166 g/mol. The molecule has 0 spiro atoms. The average molecular weight is 175 g/mol. The fraction of sp³-hybridized carbons (Fsp3) is 0. The van der Waals surface area contributed by atoms with E-state index in [1.54, 1.807) is 12.1 Å². The third-order valence-electron chi connectivity index (χ3n) is 1.72. The Hall–Kier alpha value is -1.97. The van der Waals surface area contributed by atoms with Gasteiger partial charge < -0.3 is 15.8 Å². The van der Waals surface area contributed by atoms with Gasteiger partial charge in [0.25, 0.3) is 0 Å². The summed E-state index contributed by atoms with van der Waals surface area (Å²) in [6, 6.07) is 7.30. The van der Waals surface area contributed by atoms with Gasteiger partial charge in [0.1, 0.15) is 5.82 Å². The highest BCUT2D eigenvalue weighted by molar-refractivity contribution is 5.61. The van der Waals surface area contributed by atoms with Crippen LogP contribution in [0.3, 0.4) is 0 Å². The van der Waals surface area contributed by atoms with E-state index in [-0.39, 0.29) is 5.88 Å². The molecule has 2 aromatic rings. The number of benzene rings is 1. The van der Waals surface area contributed by atoms with Crippen molar-refractivity contribution in [3.05, 3.63) is 30.5 Å². The quantitative estimate of drug-likeness (QED) is 0.573. The Kier molecular flexibility index (Phi) is 1.66. The van der Waals surface area contributed by atoms with E-state index in [0.29, 0.717) is 11.5 Å². The molecular formula is C9H9N3O. The van der Waals surface area contributed by atoms with Crippen LogP contribution < -0.4 is 5.73 Å². The molecule has 0 unspecified atom stereocenters. The number of aromatic nitrogens is 2. The lowest BCUT2D eigenvalue weighted by Gasteiger charge is -1.97. The van der Waals surface area contributed by atoms with E-state index in [1.807, 2.05) is 12.1 Å². The lowest BCUT2D eigenvalue weighted by atomic mass is 10.2. The number of rotatable bonds is 1. The molecule has 0 aliphatic rings. The maximum absolute atomic E-state index is 9.03. The van der Waals surface area contributed by atoms with E-state index in [1.165, 1.54) is 6.20 Å². The highest BCUT2D eigenvalue weighted by atomic mass is 16.3. The molecule has 0 aliphatic heterocycles. The van der Waals surface area contributed by atoms with Crippen molar-refractivity contribution in [3.8, 4) is 17.3 Å². The number of anilines is 1. The number of imidazole rings is 1. The van der Waals surface area contributed by atoms with E-state index in [0.717, 1.165) is 5.56 Å². The number of hydrogen-bond acceptors (Lipinski definition) is 3. The minimum atomic E-state index is 0.0532. The zero-order chi connectivity index (χ0) is 9.26. The standard InChI is InChI=1S/C9H9N3O/c10-7-3-1-2-6(4-7)9-11-5-8(13)12-9/h1-5,13H,10H2,(H,11,12). The van der Waals surface area contributed by atoms with Crippen LogP contribution >= 0.6 is 0 Å². The highest BCUT2D eigenvalue weighted by Gasteiger charge is 2.01. The molecule has 2 rings (SSSR count). The Bertz CT molecular complexity index is 422. The van der Waals surface area contributed by atoms with Crippen molar-refractivity contribution in [1.29, 1.82) is 0 Å². The lowest BCUT2D eigenvalue weighted by molar-refractivity contribution is 0.457. The summed E-state index contributed by atoms with van der Waals surface area (Å²) in [5, 5.41) is 9.03. The van der Waals surface area contributed by atoms with Crippen LogP contribution in [0, 0.1) is 0 Å². The van der Waals surface area contributed by atoms with Crippen LogP contribution in [0.1, 0.15) is 0 Å². The van der Waals surface area contributed by atoms with Crippen LogP contribution in [0.5, 0.6) is 5.88 Å². The molecule has 1 aromatic carbocycles. The van der Waals surface area contributed by atoms with E-state index in [2.05, 4.69) is 9.97 Å². The van der Waals surface area contributed by atoms with Crippen LogP contribution in [0.4, 0.5) is 5.69 Å². The largest absolute Gasteiger partial charge is 0.493 e. The third-order valence-corrected chi connectivity index (χ3v) is 1.72. The first-order valence-corrected chi connectivity index (χ1v) is 3.85. The van der Waals surface area contributed by atoms with Gasteiger partial charge in [-0.1, -0.05) is 12.1 Å². The summed E-state index contributed by atoms with van der Waals surface area (Å²) in [4.78, 5) is 6.67. The molecule has 66 valence electrons. The van der Waals surface area contributed by atoms with Crippen molar-refractivity contribution in [3.63, 3.8) is 0 Å². The Labute approximate surface area is 75.1 Å². The molecule has 0 radical (unpaired) electrons. The number of aromatic amines is 1. The monoisotopic (exact) mass is 175 g/mol. The van der Waals surface area contributed by atoms with Gasteiger partial charge in [-0.05, 0) is 12.1 Å². The number of H-pyrrole nitrogens is 1. The summed E-state index contributed by atoms with van der Waals surface area (Å²) in [6.07, 6.45) is 1.36. The number of nitrogens with one attached hydrogen (secondary N) is 1. The summed E-state index contributed by atoms with van der Waals surface area (Å²) >= 11 is 0. The molecule has 0 fully saturated rings. The molecule has 0 saturated carbocycles. The fourth-order valence-corrected chi connectivity index (χ4v) is 1.14. The Balaban J connectivity index is 2.46. The van der Waals surface area contributed by atoms with E-state index in [9.17, 15) is 0 Å². The van der Waals surface area contributed by atoms with Gasteiger partial charge in [0.2, 0.25) is 5.88 Å². The molecule has 0 saturated heterocycles. The van der Waals surface area contributed by atoms with Crippen LogP contribution in [-0.4, -0.2) is 15.1 Å². The maximum Gasteiger partial charge on any atom is 0.208 e. The van der Waals surface area contributed by atoms with Gasteiger partial charge in [0, 0.05) is 11.3 Å². The average Bonchev–Trinajstić information content (AvgIpc) is 2.52. The topological polar surface area (TPSA) is 74.9 Å². The third kappa shape index (κ3) is 1.46. The minimum Gasteiger partial charge on any atom is -0.493 e. The Morgan fingerprint density at radius 1 is 1.38 bits per heavy atom. The molecule has 13 heavy (non-hydrogen) atoms. The first-order chi connectivity index (χ1) is 6.25. The summed E-state index contributed by atoms with van der Waals surface area (Å²) in [7, 11) is 0. The summed E-state index contributed by atoms with van der Waals surface area (Å²) in [5.74, 6) is 0.669. The van der Waals surface area contributed by atoms with Gasteiger partial charge in [-0.15, -0.1) is 0 Å². The minimum absolute atomic E-state index is 0.0532. The van der Waals surface area contributed by atoms with Crippen molar-refractivity contribution in [1.82, 2.24) is 9.97 Å². The second kappa shape index (κ2) is 2.82. The summed E-state index contributed by atoms with van der Waals surface area (Å²) in [5.41, 5.74) is 7.13. The molecule has 1 aromatic heterocycles. The van der Waals surface area contributed by atoms with Crippen molar-refractivity contribution in [2.45, 2.75) is 0 Å².